The second-order valence-corrected chi connectivity index (χ2v) is 7.03. The van der Waals surface area contributed by atoms with E-state index in [0.717, 1.165) is 22.6 Å². The number of hydrogen-bond acceptors (Lipinski definition) is 4. The topological polar surface area (TPSA) is 72.9 Å². The highest BCUT2D eigenvalue weighted by molar-refractivity contribution is 7.98. The van der Waals surface area contributed by atoms with Crippen molar-refractivity contribution < 1.29 is 4.79 Å². The molecule has 0 bridgehead atoms. The van der Waals surface area contributed by atoms with Crippen LogP contribution in [0.4, 0.5) is 0 Å². The van der Waals surface area contributed by atoms with E-state index in [1.165, 1.54) is 0 Å². The Bertz CT molecular complexity index is 678. The predicted molar refractivity (Wildman–Crippen MR) is 112 cm³/mol. The molecule has 3 N–H and O–H groups in total. The number of fused-ring (bicyclic) bond motifs is 1. The van der Waals surface area contributed by atoms with Crippen LogP contribution >= 0.6 is 36.6 Å². The number of rotatable bonds is 7. The van der Waals surface area contributed by atoms with Gasteiger partial charge in [-0.3, -0.25) is 4.79 Å². The van der Waals surface area contributed by atoms with E-state index in [0.29, 0.717) is 6.42 Å². The third kappa shape index (κ3) is 5.78. The number of hydrogen-bond donors (Lipinski definition) is 2. The molecule has 1 amide bonds. The summed E-state index contributed by atoms with van der Waals surface area (Å²) in [6.45, 7) is 6.20. The van der Waals surface area contributed by atoms with Gasteiger partial charge in [-0.25, -0.2) is 4.98 Å². The van der Waals surface area contributed by atoms with Gasteiger partial charge in [0.25, 0.3) is 0 Å². The van der Waals surface area contributed by atoms with Gasteiger partial charge in [-0.15, -0.1) is 24.8 Å². The fraction of sp³-hybridized carbons (Fsp3) is 0.529. The lowest BCUT2D eigenvalue weighted by atomic mass is 10.2. The highest BCUT2D eigenvalue weighted by Gasteiger charge is 2.22. The maximum Gasteiger partial charge on any atom is 0.237 e. The Morgan fingerprint density at radius 3 is 2.52 bits per heavy atom. The van der Waals surface area contributed by atoms with Crippen molar-refractivity contribution in [3.8, 4) is 0 Å². The quantitative estimate of drug-likeness (QED) is 0.734. The summed E-state index contributed by atoms with van der Waals surface area (Å²) in [6, 6.07) is 7.65. The Morgan fingerprint density at radius 2 is 1.92 bits per heavy atom. The molecule has 1 aromatic carbocycles. The standard InChI is InChI=1S/C17H26N4OS.2ClH/c1-11(2)21-15-8-6-5-7-14(15)20-16(21)12(3)19-17(22)13(18)9-10-23-4;;/h5-8,11-13H,9-10,18H2,1-4H3,(H,19,22);2*1H/t12?,13-;;/m0../s1. The average Bonchev–Trinajstić information content (AvgIpc) is 2.92. The van der Waals surface area contributed by atoms with E-state index in [1.807, 2.05) is 31.4 Å². The number of halogens is 2. The van der Waals surface area contributed by atoms with E-state index in [2.05, 4.69) is 29.8 Å². The molecule has 8 heteroatoms. The molecule has 25 heavy (non-hydrogen) atoms. The van der Waals surface area contributed by atoms with Gasteiger partial charge in [0.15, 0.2) is 0 Å². The van der Waals surface area contributed by atoms with Crippen molar-refractivity contribution in [2.24, 2.45) is 5.73 Å². The number of nitrogens with one attached hydrogen (secondary N) is 1. The molecule has 2 atom stereocenters. The van der Waals surface area contributed by atoms with E-state index in [9.17, 15) is 4.79 Å². The highest BCUT2D eigenvalue weighted by atomic mass is 35.5. The third-order valence-corrected chi connectivity index (χ3v) is 4.50. The molecule has 1 unspecified atom stereocenters. The Kier molecular flexibility index (Phi) is 10.5. The largest absolute Gasteiger partial charge is 0.345 e. The number of nitrogens with zero attached hydrogens (tertiary/aromatic N) is 2. The molecule has 0 spiro atoms. The van der Waals surface area contributed by atoms with E-state index in [-0.39, 0.29) is 42.8 Å². The van der Waals surface area contributed by atoms with Crippen LogP contribution in [-0.2, 0) is 4.79 Å². The zero-order valence-corrected chi connectivity index (χ0v) is 17.5. The molecule has 0 aliphatic heterocycles. The molecule has 1 aromatic heterocycles. The number of thioether (sulfide) groups is 1. The van der Waals surface area contributed by atoms with Gasteiger partial charge in [0, 0.05) is 6.04 Å². The summed E-state index contributed by atoms with van der Waals surface area (Å²) < 4.78 is 2.17. The first-order chi connectivity index (χ1) is 11.0. The van der Waals surface area contributed by atoms with Crippen molar-refractivity contribution in [2.75, 3.05) is 12.0 Å². The maximum absolute atomic E-state index is 12.2. The second kappa shape index (κ2) is 10.9. The molecule has 0 radical (unpaired) electrons. The molecule has 0 aliphatic rings. The molecule has 0 aliphatic carbocycles. The zero-order chi connectivity index (χ0) is 17.0. The van der Waals surface area contributed by atoms with Crippen LogP contribution in [0.2, 0.25) is 0 Å². The third-order valence-electron chi connectivity index (χ3n) is 3.86. The fourth-order valence-electron chi connectivity index (χ4n) is 2.67. The van der Waals surface area contributed by atoms with Crippen molar-refractivity contribution in [2.45, 2.75) is 45.3 Å². The van der Waals surface area contributed by atoms with Crippen LogP contribution in [0, 0.1) is 0 Å². The number of benzene rings is 1. The van der Waals surface area contributed by atoms with Crippen molar-refractivity contribution in [1.82, 2.24) is 14.9 Å². The molecule has 5 nitrogen and oxygen atoms in total. The summed E-state index contributed by atoms with van der Waals surface area (Å²) in [5, 5.41) is 3.00. The van der Waals surface area contributed by atoms with Crippen LogP contribution in [-0.4, -0.2) is 33.5 Å². The smallest absolute Gasteiger partial charge is 0.237 e. The summed E-state index contributed by atoms with van der Waals surface area (Å²) in [7, 11) is 0. The first-order valence-corrected chi connectivity index (χ1v) is 9.36. The number of para-hydroxylation sites is 2. The number of nitrogens with two attached hydrogens (primary N) is 1. The number of imidazole rings is 1. The van der Waals surface area contributed by atoms with E-state index in [1.54, 1.807) is 11.8 Å². The number of carbonyl (C=O) groups excluding carboxylic acids is 1. The van der Waals surface area contributed by atoms with Gasteiger partial charge in [0.05, 0.1) is 23.1 Å². The number of amides is 1. The number of aromatic nitrogens is 2. The molecular weight excluding hydrogens is 379 g/mol. The number of carbonyl (C=O) groups is 1. The van der Waals surface area contributed by atoms with Gasteiger partial charge in [-0.1, -0.05) is 12.1 Å². The summed E-state index contributed by atoms with van der Waals surface area (Å²) in [4.78, 5) is 17.0. The van der Waals surface area contributed by atoms with Crippen LogP contribution in [0.15, 0.2) is 24.3 Å². The summed E-state index contributed by atoms with van der Waals surface area (Å²) in [5.74, 6) is 1.63. The first kappa shape index (κ1) is 24.1. The molecule has 2 aromatic rings. The maximum atomic E-state index is 12.2. The highest BCUT2D eigenvalue weighted by Crippen LogP contribution is 2.24. The molecule has 0 fully saturated rings. The Balaban J connectivity index is 0.00000288. The Morgan fingerprint density at radius 1 is 1.28 bits per heavy atom. The van der Waals surface area contributed by atoms with Crippen LogP contribution in [0.25, 0.3) is 11.0 Å². The van der Waals surface area contributed by atoms with Gasteiger partial charge in [-0.05, 0) is 51.3 Å². The minimum atomic E-state index is -0.471. The van der Waals surface area contributed by atoms with Crippen molar-refractivity contribution in [3.05, 3.63) is 30.1 Å². The molecular formula is C17H28Cl2N4OS. The molecule has 142 valence electrons. The van der Waals surface area contributed by atoms with Gasteiger partial charge in [0.2, 0.25) is 5.91 Å². The lowest BCUT2D eigenvalue weighted by molar-refractivity contribution is -0.123. The SMILES string of the molecule is CSCC[C@H](N)C(=O)NC(C)c1nc2ccccc2n1C(C)C.Cl.Cl. The minimum absolute atomic E-state index is 0. The summed E-state index contributed by atoms with van der Waals surface area (Å²) in [6.07, 6.45) is 2.69. The second-order valence-electron chi connectivity index (χ2n) is 6.04. The Labute approximate surface area is 166 Å². The van der Waals surface area contributed by atoms with Crippen LogP contribution < -0.4 is 11.1 Å². The predicted octanol–water partition coefficient (Wildman–Crippen LogP) is 3.72. The van der Waals surface area contributed by atoms with Crippen LogP contribution in [0.1, 0.15) is 45.1 Å². The Hall–Kier alpha value is -0.950. The van der Waals surface area contributed by atoms with Crippen LogP contribution in [0.5, 0.6) is 0 Å². The minimum Gasteiger partial charge on any atom is -0.345 e. The van der Waals surface area contributed by atoms with E-state index in [4.69, 9.17) is 10.7 Å². The normalized spacial score (nSPS) is 13.0. The van der Waals surface area contributed by atoms with Crippen molar-refractivity contribution in [1.29, 1.82) is 0 Å². The lowest BCUT2D eigenvalue weighted by Crippen LogP contribution is -2.42. The van der Waals surface area contributed by atoms with Crippen molar-refractivity contribution >= 4 is 53.5 Å². The average molecular weight is 407 g/mol. The molecule has 0 saturated heterocycles. The van der Waals surface area contributed by atoms with E-state index >= 15 is 0 Å². The summed E-state index contributed by atoms with van der Waals surface area (Å²) in [5.41, 5.74) is 7.99. The lowest BCUT2D eigenvalue weighted by Gasteiger charge is -2.20. The van der Waals surface area contributed by atoms with Gasteiger partial charge in [0.1, 0.15) is 5.82 Å². The van der Waals surface area contributed by atoms with Gasteiger partial charge >= 0.3 is 0 Å². The zero-order valence-electron chi connectivity index (χ0n) is 15.1. The fourth-order valence-corrected chi connectivity index (χ4v) is 3.16. The first-order valence-electron chi connectivity index (χ1n) is 7.97. The van der Waals surface area contributed by atoms with Gasteiger partial charge in [-0.2, -0.15) is 11.8 Å². The molecule has 0 saturated carbocycles. The van der Waals surface area contributed by atoms with Crippen molar-refractivity contribution in [3.63, 3.8) is 0 Å². The van der Waals surface area contributed by atoms with Gasteiger partial charge < -0.3 is 15.6 Å². The molecule has 1 heterocycles. The molecule has 2 rings (SSSR count). The monoisotopic (exact) mass is 406 g/mol. The van der Waals surface area contributed by atoms with E-state index < -0.39 is 6.04 Å². The summed E-state index contributed by atoms with van der Waals surface area (Å²) >= 11 is 1.70. The van der Waals surface area contributed by atoms with Crippen LogP contribution in [0.3, 0.4) is 0 Å².